The van der Waals surface area contributed by atoms with Crippen LogP contribution in [0.3, 0.4) is 0 Å². The summed E-state index contributed by atoms with van der Waals surface area (Å²) >= 11 is 0. The van der Waals surface area contributed by atoms with E-state index in [1.165, 1.54) is 12.1 Å². The first kappa shape index (κ1) is 16.4. The van der Waals surface area contributed by atoms with Gasteiger partial charge in [-0.05, 0) is 37.4 Å². The quantitative estimate of drug-likeness (QED) is 0.606. The zero-order valence-corrected chi connectivity index (χ0v) is 12.4. The minimum atomic E-state index is -0.757. The smallest absolute Gasteiger partial charge is 0.269 e. The average Bonchev–Trinajstić information content (AvgIpc) is 2.49. The van der Waals surface area contributed by atoms with Crippen LogP contribution in [0.4, 0.5) is 5.69 Å². The molecule has 0 radical (unpaired) electrons. The predicted octanol–water partition coefficient (Wildman–Crippen LogP) is 1.22. The van der Waals surface area contributed by atoms with E-state index in [4.69, 9.17) is 5.73 Å². The maximum absolute atomic E-state index is 10.9. The normalized spacial score (nSPS) is 18.0. The summed E-state index contributed by atoms with van der Waals surface area (Å²) < 4.78 is 0. The molecule has 0 aromatic heterocycles. The van der Waals surface area contributed by atoms with E-state index in [0.717, 1.165) is 25.9 Å². The van der Waals surface area contributed by atoms with E-state index in [2.05, 4.69) is 4.90 Å². The Hall–Kier alpha value is -1.99. The minimum Gasteiger partial charge on any atom is -0.387 e. The molecule has 1 aromatic rings. The van der Waals surface area contributed by atoms with E-state index >= 15 is 0 Å². The number of primary amides is 1. The Kier molecular flexibility index (Phi) is 5.46. The van der Waals surface area contributed by atoms with Crippen molar-refractivity contribution >= 4 is 11.6 Å². The Bertz CT molecular complexity index is 541. The van der Waals surface area contributed by atoms with E-state index in [1.54, 1.807) is 12.1 Å². The molecular formula is C15H21N3O4. The summed E-state index contributed by atoms with van der Waals surface area (Å²) in [6.45, 7) is 2.03. The van der Waals surface area contributed by atoms with Crippen LogP contribution in [0, 0.1) is 16.0 Å². The van der Waals surface area contributed by atoms with E-state index in [0.29, 0.717) is 24.4 Å². The third-order valence-corrected chi connectivity index (χ3v) is 4.09. The molecule has 22 heavy (non-hydrogen) atoms. The molecule has 1 aliphatic rings. The van der Waals surface area contributed by atoms with Gasteiger partial charge in [-0.2, -0.15) is 0 Å². The summed E-state index contributed by atoms with van der Waals surface area (Å²) in [6.07, 6.45) is 1.42. The van der Waals surface area contributed by atoms with Crippen LogP contribution in [0.1, 0.15) is 30.9 Å². The Morgan fingerprint density at radius 3 is 2.73 bits per heavy atom. The fourth-order valence-electron chi connectivity index (χ4n) is 2.85. The van der Waals surface area contributed by atoms with Crippen LogP contribution in [-0.4, -0.2) is 40.5 Å². The summed E-state index contributed by atoms with van der Waals surface area (Å²) in [4.78, 5) is 23.3. The Balaban J connectivity index is 1.88. The van der Waals surface area contributed by atoms with Crippen molar-refractivity contribution in [2.45, 2.75) is 25.4 Å². The number of non-ortho nitro benzene ring substituents is 1. The van der Waals surface area contributed by atoms with Gasteiger partial charge in [0.15, 0.2) is 0 Å². The van der Waals surface area contributed by atoms with Crippen LogP contribution < -0.4 is 5.73 Å². The fraction of sp³-hybridized carbons (Fsp3) is 0.533. The molecule has 0 spiro atoms. The average molecular weight is 307 g/mol. The van der Waals surface area contributed by atoms with Crippen molar-refractivity contribution < 1.29 is 14.8 Å². The summed E-state index contributed by atoms with van der Waals surface area (Å²) in [6, 6.07) is 6.09. The number of nitrogens with two attached hydrogens (primary N) is 1. The first-order chi connectivity index (χ1) is 10.5. The van der Waals surface area contributed by atoms with Crippen molar-refractivity contribution in [1.82, 2.24) is 4.90 Å². The lowest BCUT2D eigenvalue weighted by Crippen LogP contribution is -2.37. The van der Waals surface area contributed by atoms with E-state index in [-0.39, 0.29) is 11.6 Å². The van der Waals surface area contributed by atoms with Crippen LogP contribution in [-0.2, 0) is 4.79 Å². The van der Waals surface area contributed by atoms with Crippen molar-refractivity contribution in [1.29, 1.82) is 0 Å². The van der Waals surface area contributed by atoms with E-state index in [1.807, 2.05) is 0 Å². The van der Waals surface area contributed by atoms with Gasteiger partial charge >= 0.3 is 0 Å². The standard InChI is InChI=1S/C15H21N3O4/c16-15(20)8-11-4-6-17(7-5-11)10-14(19)12-2-1-3-13(9-12)18(21)22/h1-3,9,11,14,19H,4-8,10H2,(H2,16,20). The number of aliphatic hydroxyl groups excluding tert-OH is 1. The number of hydrogen-bond donors (Lipinski definition) is 2. The molecule has 1 aromatic carbocycles. The molecule has 0 aliphatic carbocycles. The zero-order chi connectivity index (χ0) is 16.1. The van der Waals surface area contributed by atoms with Gasteiger partial charge in [-0.3, -0.25) is 14.9 Å². The van der Waals surface area contributed by atoms with Crippen LogP contribution in [0.25, 0.3) is 0 Å². The minimum absolute atomic E-state index is 0.0169. The number of rotatable bonds is 6. The second-order valence-corrected chi connectivity index (χ2v) is 5.78. The molecule has 1 heterocycles. The second kappa shape index (κ2) is 7.33. The number of hydrogen-bond acceptors (Lipinski definition) is 5. The van der Waals surface area contributed by atoms with Crippen LogP contribution in [0.2, 0.25) is 0 Å². The number of nitro groups is 1. The first-order valence-electron chi connectivity index (χ1n) is 7.39. The number of amides is 1. The van der Waals surface area contributed by atoms with Gasteiger partial charge in [-0.15, -0.1) is 0 Å². The maximum atomic E-state index is 10.9. The molecule has 7 heteroatoms. The molecular weight excluding hydrogens is 286 g/mol. The summed E-state index contributed by atoms with van der Waals surface area (Å²) in [5.74, 6) is 0.0544. The third kappa shape index (κ3) is 4.51. The van der Waals surface area contributed by atoms with Gasteiger partial charge < -0.3 is 15.7 Å². The third-order valence-electron chi connectivity index (χ3n) is 4.09. The van der Waals surface area contributed by atoms with Crippen LogP contribution in [0.5, 0.6) is 0 Å². The van der Waals surface area contributed by atoms with Gasteiger partial charge in [0.05, 0.1) is 11.0 Å². The SMILES string of the molecule is NC(=O)CC1CCN(CC(O)c2cccc([N+](=O)[O-])c2)CC1. The largest absolute Gasteiger partial charge is 0.387 e. The number of nitrogens with zero attached hydrogens (tertiary/aromatic N) is 2. The first-order valence-corrected chi connectivity index (χ1v) is 7.39. The van der Waals surface area contributed by atoms with Gasteiger partial charge in [0.25, 0.3) is 5.69 Å². The molecule has 0 saturated carbocycles. The number of β-amino-alcohol motifs (C(OH)–C–C–N with tert-alkyl or cyclic N) is 1. The summed E-state index contributed by atoms with van der Waals surface area (Å²) in [5.41, 5.74) is 5.74. The topological polar surface area (TPSA) is 110 Å². The lowest BCUT2D eigenvalue weighted by molar-refractivity contribution is -0.385. The molecule has 3 N–H and O–H groups in total. The highest BCUT2D eigenvalue weighted by molar-refractivity contribution is 5.73. The lowest BCUT2D eigenvalue weighted by Gasteiger charge is -2.32. The molecule has 1 amide bonds. The molecule has 1 fully saturated rings. The highest BCUT2D eigenvalue weighted by Crippen LogP contribution is 2.24. The van der Waals surface area contributed by atoms with Gasteiger partial charge in [-0.25, -0.2) is 0 Å². The molecule has 2 rings (SSSR count). The van der Waals surface area contributed by atoms with Gasteiger partial charge in [-0.1, -0.05) is 12.1 Å². The maximum Gasteiger partial charge on any atom is 0.269 e. The monoisotopic (exact) mass is 307 g/mol. The zero-order valence-electron chi connectivity index (χ0n) is 12.4. The highest BCUT2D eigenvalue weighted by Gasteiger charge is 2.23. The summed E-state index contributed by atoms with van der Waals surface area (Å²) in [7, 11) is 0. The molecule has 1 aliphatic heterocycles. The predicted molar refractivity (Wildman–Crippen MR) is 81.0 cm³/mol. The van der Waals surface area contributed by atoms with Crippen molar-refractivity contribution in [2.24, 2.45) is 11.7 Å². The Morgan fingerprint density at radius 2 is 2.14 bits per heavy atom. The molecule has 1 saturated heterocycles. The fourth-order valence-corrected chi connectivity index (χ4v) is 2.85. The number of benzene rings is 1. The van der Waals surface area contributed by atoms with Crippen molar-refractivity contribution in [2.75, 3.05) is 19.6 Å². The highest BCUT2D eigenvalue weighted by atomic mass is 16.6. The molecule has 1 atom stereocenters. The van der Waals surface area contributed by atoms with Crippen molar-refractivity contribution in [3.05, 3.63) is 39.9 Å². The molecule has 1 unspecified atom stereocenters. The number of carbonyl (C=O) groups is 1. The molecule has 0 bridgehead atoms. The van der Waals surface area contributed by atoms with E-state index < -0.39 is 11.0 Å². The van der Waals surface area contributed by atoms with Gasteiger partial charge in [0, 0.05) is 25.1 Å². The second-order valence-electron chi connectivity index (χ2n) is 5.78. The Morgan fingerprint density at radius 1 is 1.45 bits per heavy atom. The molecule has 120 valence electrons. The number of carbonyl (C=O) groups excluding carboxylic acids is 1. The summed E-state index contributed by atoms with van der Waals surface area (Å²) in [5, 5.41) is 21.0. The number of likely N-dealkylation sites (tertiary alicyclic amines) is 1. The van der Waals surface area contributed by atoms with Crippen LogP contribution in [0.15, 0.2) is 24.3 Å². The van der Waals surface area contributed by atoms with Crippen LogP contribution >= 0.6 is 0 Å². The van der Waals surface area contributed by atoms with E-state index in [9.17, 15) is 20.0 Å². The molecule has 7 nitrogen and oxygen atoms in total. The lowest BCUT2D eigenvalue weighted by atomic mass is 9.93. The van der Waals surface area contributed by atoms with Crippen molar-refractivity contribution in [3.63, 3.8) is 0 Å². The number of piperidine rings is 1. The van der Waals surface area contributed by atoms with Gasteiger partial charge in [0.2, 0.25) is 5.91 Å². The van der Waals surface area contributed by atoms with Gasteiger partial charge in [0.1, 0.15) is 0 Å². The Labute approximate surface area is 128 Å². The number of nitro benzene ring substituents is 1. The van der Waals surface area contributed by atoms with Crippen molar-refractivity contribution in [3.8, 4) is 0 Å². The number of aliphatic hydroxyl groups is 1.